The molecule has 14 nitrogen and oxygen atoms in total. The summed E-state index contributed by atoms with van der Waals surface area (Å²) >= 11 is 0. The van der Waals surface area contributed by atoms with Gasteiger partial charge >= 0.3 is 0 Å². The molecule has 4 rings (SSSR count). The van der Waals surface area contributed by atoms with Crippen LogP contribution in [0.3, 0.4) is 0 Å². The fourth-order valence-electron chi connectivity index (χ4n) is 3.42. The molecule has 0 aliphatic heterocycles. The van der Waals surface area contributed by atoms with Crippen LogP contribution in [0, 0.1) is 0 Å². The zero-order valence-corrected chi connectivity index (χ0v) is 20.5. The third kappa shape index (κ3) is 5.12. The third-order valence-corrected chi connectivity index (χ3v) is 5.13. The zero-order chi connectivity index (χ0) is 26.4. The van der Waals surface area contributed by atoms with Crippen LogP contribution in [0.4, 0.5) is 5.82 Å². The molecule has 2 aromatic heterocycles. The lowest BCUT2D eigenvalue weighted by atomic mass is 10.1. The van der Waals surface area contributed by atoms with E-state index in [-0.39, 0.29) is 23.0 Å². The highest BCUT2D eigenvalue weighted by Crippen LogP contribution is 2.33. The van der Waals surface area contributed by atoms with Crippen LogP contribution >= 0.6 is 0 Å². The first-order valence-electron chi connectivity index (χ1n) is 10.9. The fourth-order valence-corrected chi connectivity index (χ4v) is 3.42. The van der Waals surface area contributed by atoms with Crippen LogP contribution < -0.4 is 30.1 Å². The lowest BCUT2D eigenvalue weighted by Crippen LogP contribution is -2.19. The van der Waals surface area contributed by atoms with E-state index in [2.05, 4.69) is 31.2 Å². The summed E-state index contributed by atoms with van der Waals surface area (Å²) in [4.78, 5) is 13.1. The van der Waals surface area contributed by atoms with Gasteiger partial charge in [0.2, 0.25) is 11.6 Å². The maximum atomic E-state index is 13.1. The number of carbonyl (C=O) groups excluding carboxylic acids is 1. The predicted molar refractivity (Wildman–Crippen MR) is 131 cm³/mol. The Morgan fingerprint density at radius 1 is 1.08 bits per heavy atom. The zero-order valence-electron chi connectivity index (χ0n) is 20.5. The van der Waals surface area contributed by atoms with Gasteiger partial charge in [-0.15, -0.1) is 5.10 Å². The number of rotatable bonds is 10. The summed E-state index contributed by atoms with van der Waals surface area (Å²) in [5.41, 5.74) is 9.63. The fraction of sp³-hybridized carbons (Fsp3) is 0.217. The Hall–Kier alpha value is -5.14. The number of benzene rings is 2. The molecule has 0 atom stereocenters. The monoisotopic (exact) mass is 508 g/mol. The second-order valence-electron chi connectivity index (χ2n) is 7.27. The van der Waals surface area contributed by atoms with E-state index >= 15 is 0 Å². The molecule has 0 aliphatic rings. The van der Waals surface area contributed by atoms with Gasteiger partial charge in [0.15, 0.2) is 5.69 Å². The van der Waals surface area contributed by atoms with Crippen LogP contribution in [-0.4, -0.2) is 65.4 Å². The first-order chi connectivity index (χ1) is 18.0. The molecule has 0 aliphatic carbocycles. The SMILES string of the molecule is CCOc1ccc(-c2c(C(=O)N/N=C/c3c(OC)cc(OC)cc3OC)nnn2-c2nonc2N)cc1. The second-order valence-corrected chi connectivity index (χ2v) is 7.27. The molecule has 0 radical (unpaired) electrons. The summed E-state index contributed by atoms with van der Waals surface area (Å²) in [6.45, 7) is 2.39. The number of ether oxygens (including phenoxy) is 4. The van der Waals surface area contributed by atoms with Crippen molar-refractivity contribution >= 4 is 17.9 Å². The average molecular weight is 508 g/mol. The average Bonchev–Trinajstić information content (AvgIpc) is 3.55. The van der Waals surface area contributed by atoms with Crippen molar-refractivity contribution in [3.8, 4) is 40.1 Å². The molecule has 0 saturated carbocycles. The van der Waals surface area contributed by atoms with Crippen molar-refractivity contribution in [2.75, 3.05) is 33.7 Å². The van der Waals surface area contributed by atoms with Crippen molar-refractivity contribution in [2.24, 2.45) is 5.10 Å². The highest BCUT2D eigenvalue weighted by Gasteiger charge is 2.25. The van der Waals surface area contributed by atoms with Crippen molar-refractivity contribution in [3.63, 3.8) is 0 Å². The van der Waals surface area contributed by atoms with E-state index in [1.54, 1.807) is 36.4 Å². The first kappa shape index (κ1) is 25.0. The highest BCUT2D eigenvalue weighted by atomic mass is 16.6. The highest BCUT2D eigenvalue weighted by molar-refractivity contribution is 5.99. The number of hydrogen-bond donors (Lipinski definition) is 2. The topological polar surface area (TPSA) is 174 Å². The first-order valence-corrected chi connectivity index (χ1v) is 10.9. The summed E-state index contributed by atoms with van der Waals surface area (Å²) in [5, 5.41) is 19.5. The van der Waals surface area contributed by atoms with Gasteiger partial charge in [0.25, 0.3) is 5.91 Å². The number of anilines is 1. The molecule has 4 aromatic rings. The maximum Gasteiger partial charge on any atom is 0.294 e. The quantitative estimate of drug-likeness (QED) is 0.237. The van der Waals surface area contributed by atoms with E-state index in [0.29, 0.717) is 40.7 Å². The molecule has 2 heterocycles. The molecule has 0 saturated heterocycles. The van der Waals surface area contributed by atoms with Gasteiger partial charge < -0.3 is 24.7 Å². The second kappa shape index (κ2) is 11.1. The number of carbonyl (C=O) groups is 1. The van der Waals surface area contributed by atoms with Crippen LogP contribution in [0.1, 0.15) is 23.0 Å². The molecule has 0 bridgehead atoms. The van der Waals surface area contributed by atoms with Gasteiger partial charge in [-0.05, 0) is 41.5 Å². The van der Waals surface area contributed by atoms with E-state index in [1.807, 2.05) is 6.92 Å². The smallest absolute Gasteiger partial charge is 0.294 e. The van der Waals surface area contributed by atoms with Crippen molar-refractivity contribution in [1.29, 1.82) is 0 Å². The number of hydrogen-bond acceptors (Lipinski definition) is 12. The van der Waals surface area contributed by atoms with Crippen LogP contribution in [0.25, 0.3) is 17.1 Å². The molecular weight excluding hydrogens is 484 g/mol. The van der Waals surface area contributed by atoms with Gasteiger partial charge in [0.05, 0.1) is 39.7 Å². The Balaban J connectivity index is 1.68. The van der Waals surface area contributed by atoms with Gasteiger partial charge in [0, 0.05) is 17.7 Å². The van der Waals surface area contributed by atoms with Gasteiger partial charge in [-0.1, -0.05) is 5.21 Å². The van der Waals surface area contributed by atoms with Crippen LogP contribution in [0.2, 0.25) is 0 Å². The molecule has 1 amide bonds. The van der Waals surface area contributed by atoms with E-state index in [1.165, 1.54) is 32.2 Å². The summed E-state index contributed by atoms with van der Waals surface area (Å²) < 4.78 is 27.5. The summed E-state index contributed by atoms with van der Waals surface area (Å²) in [7, 11) is 4.52. The molecular formula is C23H24N8O6. The number of amides is 1. The number of methoxy groups -OCH3 is 3. The van der Waals surface area contributed by atoms with Gasteiger partial charge in [-0.25, -0.2) is 10.1 Å². The molecule has 14 heteroatoms. The Kier molecular flexibility index (Phi) is 7.47. The minimum absolute atomic E-state index is 0.0271. The number of nitrogens with zero attached hydrogens (tertiary/aromatic N) is 6. The lowest BCUT2D eigenvalue weighted by molar-refractivity contribution is 0.0950. The van der Waals surface area contributed by atoms with Crippen LogP contribution in [0.5, 0.6) is 23.0 Å². The third-order valence-electron chi connectivity index (χ3n) is 5.13. The van der Waals surface area contributed by atoms with E-state index in [9.17, 15) is 4.79 Å². The van der Waals surface area contributed by atoms with Crippen molar-refractivity contribution < 1.29 is 28.4 Å². The van der Waals surface area contributed by atoms with E-state index < -0.39 is 5.91 Å². The number of hydrazone groups is 1. The standard InChI is InChI=1S/C23H24N8O6/c1-5-36-14-8-6-13(7-9-14)20-19(26-30-31(20)22-21(24)28-37-29-22)23(32)27-25-12-16-17(34-3)10-15(33-2)11-18(16)35-4/h6-12H,5H2,1-4H3,(H2,24,28)(H,27,32)/b25-12+. The molecule has 0 spiro atoms. The Morgan fingerprint density at radius 3 is 2.35 bits per heavy atom. The molecule has 0 unspecified atom stereocenters. The van der Waals surface area contributed by atoms with E-state index in [4.69, 9.17) is 29.3 Å². The van der Waals surface area contributed by atoms with Gasteiger partial charge in [-0.3, -0.25) is 4.79 Å². The maximum absolute atomic E-state index is 13.1. The Morgan fingerprint density at radius 2 is 1.78 bits per heavy atom. The van der Waals surface area contributed by atoms with Gasteiger partial charge in [-0.2, -0.15) is 9.78 Å². The number of nitrogen functional groups attached to an aromatic ring is 1. The van der Waals surface area contributed by atoms with Crippen molar-refractivity contribution in [1.82, 2.24) is 30.7 Å². The molecule has 2 aromatic carbocycles. The largest absolute Gasteiger partial charge is 0.496 e. The van der Waals surface area contributed by atoms with Crippen molar-refractivity contribution in [3.05, 3.63) is 47.7 Å². The molecule has 3 N–H and O–H groups in total. The minimum atomic E-state index is -0.646. The summed E-state index contributed by atoms with van der Waals surface area (Å²) in [5.74, 6) is 1.47. The number of nitrogens with one attached hydrogen (secondary N) is 1. The normalized spacial score (nSPS) is 10.9. The summed E-state index contributed by atoms with van der Waals surface area (Å²) in [6.07, 6.45) is 1.38. The number of aromatic nitrogens is 5. The molecule has 37 heavy (non-hydrogen) atoms. The summed E-state index contributed by atoms with van der Waals surface area (Å²) in [6, 6.07) is 10.3. The Labute approximate surface area is 210 Å². The van der Waals surface area contributed by atoms with Crippen LogP contribution in [0.15, 0.2) is 46.1 Å². The van der Waals surface area contributed by atoms with Crippen molar-refractivity contribution in [2.45, 2.75) is 6.92 Å². The van der Waals surface area contributed by atoms with Gasteiger partial charge in [0.1, 0.15) is 28.7 Å². The lowest BCUT2D eigenvalue weighted by Gasteiger charge is -2.12. The molecule has 0 fully saturated rings. The van der Waals surface area contributed by atoms with E-state index in [0.717, 1.165) is 0 Å². The predicted octanol–water partition coefficient (Wildman–Crippen LogP) is 2.09. The number of nitrogens with two attached hydrogens (primary N) is 1. The minimum Gasteiger partial charge on any atom is -0.496 e. The van der Waals surface area contributed by atoms with Crippen LogP contribution in [-0.2, 0) is 0 Å². The molecule has 192 valence electrons. The Bertz CT molecular complexity index is 1390.